The summed E-state index contributed by atoms with van der Waals surface area (Å²) in [5.41, 5.74) is 0. The topological polar surface area (TPSA) is 83.4 Å². The van der Waals surface area contributed by atoms with Crippen LogP contribution < -0.4 is 10.6 Å². The van der Waals surface area contributed by atoms with Gasteiger partial charge in [-0.1, -0.05) is 23.4 Å². The van der Waals surface area contributed by atoms with E-state index >= 15 is 0 Å². The number of para-hydroxylation sites is 1. The Balaban J connectivity index is 1.78. The molecule has 90 valence electrons. The summed E-state index contributed by atoms with van der Waals surface area (Å²) < 4.78 is 10.4. The van der Waals surface area contributed by atoms with Crippen LogP contribution in [-0.2, 0) is 17.9 Å². The van der Waals surface area contributed by atoms with Crippen LogP contribution in [0.25, 0.3) is 0 Å². The molecular formula is C11H13N3O3. The summed E-state index contributed by atoms with van der Waals surface area (Å²) in [5.74, 6) is 6.65. The first kappa shape index (κ1) is 11.6. The summed E-state index contributed by atoms with van der Waals surface area (Å²) in [7, 11) is 0. The Kier molecular flexibility index (Phi) is 4.06. The van der Waals surface area contributed by atoms with Crippen LogP contribution in [0.15, 0.2) is 34.9 Å². The second-order valence-corrected chi connectivity index (χ2v) is 3.33. The van der Waals surface area contributed by atoms with Crippen LogP contribution in [0.1, 0.15) is 11.7 Å². The zero-order chi connectivity index (χ0) is 11.9. The fourth-order valence-electron chi connectivity index (χ4n) is 1.30. The molecule has 2 rings (SSSR count). The van der Waals surface area contributed by atoms with Gasteiger partial charge in [-0.3, -0.25) is 4.84 Å². The molecule has 0 aliphatic heterocycles. The molecular weight excluding hydrogens is 222 g/mol. The maximum absolute atomic E-state index is 5.50. The van der Waals surface area contributed by atoms with E-state index in [0.29, 0.717) is 24.7 Å². The van der Waals surface area contributed by atoms with E-state index in [2.05, 4.69) is 15.0 Å². The predicted molar refractivity (Wildman–Crippen MR) is 58.9 cm³/mol. The molecule has 1 aromatic carbocycles. The molecule has 0 bridgehead atoms. The molecule has 2 N–H and O–H groups in total. The lowest BCUT2D eigenvalue weighted by Gasteiger charge is -2.02. The van der Waals surface area contributed by atoms with Crippen molar-refractivity contribution in [1.82, 2.24) is 10.1 Å². The van der Waals surface area contributed by atoms with Gasteiger partial charge in [-0.15, -0.1) is 0 Å². The van der Waals surface area contributed by atoms with Crippen LogP contribution in [-0.4, -0.2) is 16.7 Å². The van der Waals surface area contributed by atoms with Gasteiger partial charge in [0, 0.05) is 6.42 Å². The first-order chi connectivity index (χ1) is 8.38. The highest BCUT2D eigenvalue weighted by Gasteiger charge is 2.05. The van der Waals surface area contributed by atoms with Crippen LogP contribution in [0.2, 0.25) is 0 Å². The summed E-state index contributed by atoms with van der Waals surface area (Å²) in [4.78, 5) is 8.46. The van der Waals surface area contributed by atoms with Crippen molar-refractivity contribution >= 4 is 0 Å². The number of nitrogens with two attached hydrogens (primary N) is 1. The van der Waals surface area contributed by atoms with E-state index in [1.807, 2.05) is 30.3 Å². The van der Waals surface area contributed by atoms with Crippen molar-refractivity contribution in [3.05, 3.63) is 42.0 Å². The maximum Gasteiger partial charge on any atom is 0.254 e. The van der Waals surface area contributed by atoms with Gasteiger partial charge in [0.05, 0.1) is 6.61 Å². The lowest BCUT2D eigenvalue weighted by Crippen LogP contribution is -2.03. The largest absolute Gasteiger partial charge is 0.493 e. The Bertz CT molecular complexity index is 444. The van der Waals surface area contributed by atoms with Crippen LogP contribution in [0.5, 0.6) is 5.75 Å². The molecule has 0 fully saturated rings. The SMILES string of the molecule is NOCc1nc(CCOc2ccccc2)no1. The molecule has 0 aliphatic rings. The normalized spacial score (nSPS) is 10.4. The first-order valence-corrected chi connectivity index (χ1v) is 5.19. The minimum Gasteiger partial charge on any atom is -0.493 e. The molecule has 17 heavy (non-hydrogen) atoms. The molecule has 2 aromatic rings. The third-order valence-corrected chi connectivity index (χ3v) is 2.05. The van der Waals surface area contributed by atoms with Crippen LogP contribution >= 0.6 is 0 Å². The molecule has 0 radical (unpaired) electrons. The van der Waals surface area contributed by atoms with E-state index in [1.165, 1.54) is 0 Å². The van der Waals surface area contributed by atoms with Gasteiger partial charge in [-0.25, -0.2) is 5.90 Å². The van der Waals surface area contributed by atoms with Crippen LogP contribution in [0.4, 0.5) is 0 Å². The standard InChI is InChI=1S/C11H13N3O3/c12-16-8-11-13-10(14-17-11)6-7-15-9-4-2-1-3-5-9/h1-5H,6-8,12H2. The Labute approximate surface area is 98.3 Å². The molecule has 6 nitrogen and oxygen atoms in total. The zero-order valence-corrected chi connectivity index (χ0v) is 9.20. The van der Waals surface area contributed by atoms with E-state index in [1.54, 1.807) is 0 Å². The molecule has 1 heterocycles. The van der Waals surface area contributed by atoms with Gasteiger partial charge in [-0.2, -0.15) is 4.98 Å². The van der Waals surface area contributed by atoms with Gasteiger partial charge in [0.15, 0.2) is 5.82 Å². The summed E-state index contributed by atoms with van der Waals surface area (Å²) in [6.07, 6.45) is 0.572. The Morgan fingerprint density at radius 2 is 2.06 bits per heavy atom. The molecule has 0 saturated heterocycles. The summed E-state index contributed by atoms with van der Waals surface area (Å²) in [5, 5.41) is 3.76. The quantitative estimate of drug-likeness (QED) is 0.754. The van der Waals surface area contributed by atoms with Gasteiger partial charge >= 0.3 is 0 Å². The number of rotatable bonds is 6. The van der Waals surface area contributed by atoms with Gasteiger partial charge in [0.1, 0.15) is 12.4 Å². The number of hydrogen-bond acceptors (Lipinski definition) is 6. The highest BCUT2D eigenvalue weighted by molar-refractivity contribution is 5.20. The Morgan fingerprint density at radius 1 is 1.24 bits per heavy atom. The number of aromatic nitrogens is 2. The van der Waals surface area contributed by atoms with Crippen molar-refractivity contribution in [2.45, 2.75) is 13.0 Å². The van der Waals surface area contributed by atoms with Crippen LogP contribution in [0, 0.1) is 0 Å². The highest BCUT2D eigenvalue weighted by Crippen LogP contribution is 2.08. The lowest BCUT2D eigenvalue weighted by molar-refractivity contribution is 0.0995. The van der Waals surface area contributed by atoms with Gasteiger partial charge in [0.2, 0.25) is 0 Å². The maximum atomic E-state index is 5.50. The molecule has 0 saturated carbocycles. The second kappa shape index (κ2) is 5.97. The van der Waals surface area contributed by atoms with E-state index in [0.717, 1.165) is 5.75 Å². The van der Waals surface area contributed by atoms with Crippen molar-refractivity contribution in [3.63, 3.8) is 0 Å². The third-order valence-electron chi connectivity index (χ3n) is 2.05. The van der Waals surface area contributed by atoms with Crippen molar-refractivity contribution < 1.29 is 14.1 Å². The smallest absolute Gasteiger partial charge is 0.254 e. The van der Waals surface area contributed by atoms with E-state index in [9.17, 15) is 0 Å². The van der Waals surface area contributed by atoms with Crippen LogP contribution in [0.3, 0.4) is 0 Å². The fourth-order valence-corrected chi connectivity index (χ4v) is 1.30. The zero-order valence-electron chi connectivity index (χ0n) is 9.20. The number of ether oxygens (including phenoxy) is 1. The summed E-state index contributed by atoms with van der Waals surface area (Å²) >= 11 is 0. The molecule has 0 unspecified atom stereocenters. The first-order valence-electron chi connectivity index (χ1n) is 5.19. The average molecular weight is 235 g/mol. The average Bonchev–Trinajstić information content (AvgIpc) is 2.79. The molecule has 0 atom stereocenters. The number of hydrogen-bond donors (Lipinski definition) is 1. The number of benzene rings is 1. The van der Waals surface area contributed by atoms with Gasteiger partial charge in [0.25, 0.3) is 5.89 Å². The molecule has 0 aliphatic carbocycles. The fraction of sp³-hybridized carbons (Fsp3) is 0.273. The molecule has 0 amide bonds. The Morgan fingerprint density at radius 3 is 2.82 bits per heavy atom. The van der Waals surface area contributed by atoms with Gasteiger partial charge < -0.3 is 9.26 Å². The second-order valence-electron chi connectivity index (χ2n) is 3.33. The van der Waals surface area contributed by atoms with E-state index in [-0.39, 0.29) is 6.61 Å². The van der Waals surface area contributed by atoms with Crippen molar-refractivity contribution in [3.8, 4) is 5.75 Å². The monoisotopic (exact) mass is 235 g/mol. The van der Waals surface area contributed by atoms with Crippen molar-refractivity contribution in [2.24, 2.45) is 5.90 Å². The summed E-state index contributed by atoms with van der Waals surface area (Å²) in [6, 6.07) is 9.56. The Hall–Kier alpha value is -1.92. The minimum absolute atomic E-state index is 0.118. The predicted octanol–water partition coefficient (Wildman–Crippen LogP) is 1.08. The van der Waals surface area contributed by atoms with Crippen molar-refractivity contribution in [2.75, 3.05) is 6.61 Å². The molecule has 0 spiro atoms. The van der Waals surface area contributed by atoms with E-state index < -0.39 is 0 Å². The summed E-state index contributed by atoms with van der Waals surface area (Å²) in [6.45, 7) is 0.610. The molecule has 6 heteroatoms. The molecule has 1 aromatic heterocycles. The lowest BCUT2D eigenvalue weighted by atomic mass is 10.3. The minimum atomic E-state index is 0.118. The highest BCUT2D eigenvalue weighted by atomic mass is 16.6. The number of nitrogens with zero attached hydrogens (tertiary/aromatic N) is 2. The van der Waals surface area contributed by atoms with Gasteiger partial charge in [-0.05, 0) is 12.1 Å². The van der Waals surface area contributed by atoms with E-state index in [4.69, 9.17) is 15.2 Å². The third kappa shape index (κ3) is 3.54. The van der Waals surface area contributed by atoms with Crippen molar-refractivity contribution in [1.29, 1.82) is 0 Å².